The van der Waals surface area contributed by atoms with Crippen LogP contribution in [0.25, 0.3) is 33.1 Å². The molecule has 0 radical (unpaired) electrons. The number of methoxy groups -OCH3 is 1. The molecule has 1 N–H and O–H groups in total. The molecule has 5 heteroatoms. The summed E-state index contributed by atoms with van der Waals surface area (Å²) in [5, 5.41) is 5.88. The van der Waals surface area contributed by atoms with Gasteiger partial charge in [-0.15, -0.1) is 0 Å². The van der Waals surface area contributed by atoms with Crippen LogP contribution in [0.5, 0.6) is 0 Å². The largest absolute Gasteiger partial charge is 0.465 e. The first-order valence-corrected chi connectivity index (χ1v) is 14.6. The maximum Gasteiger partial charge on any atom is 0.337 e. The fourth-order valence-electron chi connectivity index (χ4n) is 6.31. The first-order valence-electron chi connectivity index (χ1n) is 14.6. The normalized spacial score (nSPS) is 12.9. The van der Waals surface area contributed by atoms with Crippen LogP contribution in [0.3, 0.4) is 0 Å². The lowest BCUT2D eigenvalue weighted by atomic mass is 9.86. The highest BCUT2D eigenvalue weighted by Crippen LogP contribution is 2.45. The first-order chi connectivity index (χ1) is 19.0. The highest BCUT2D eigenvalue weighted by molar-refractivity contribution is 6.04. The molecule has 0 saturated heterocycles. The lowest BCUT2D eigenvalue weighted by Gasteiger charge is -2.22. The fourth-order valence-corrected chi connectivity index (χ4v) is 6.31. The molecule has 0 fully saturated rings. The van der Waals surface area contributed by atoms with Crippen molar-refractivity contribution in [2.24, 2.45) is 0 Å². The summed E-state index contributed by atoms with van der Waals surface area (Å²) < 4.78 is 9.99. The average molecular weight is 524 g/mol. The van der Waals surface area contributed by atoms with E-state index in [1.54, 1.807) is 0 Å². The zero-order valence-corrected chi connectivity index (χ0v) is 24.1. The molecule has 5 nitrogen and oxygen atoms in total. The van der Waals surface area contributed by atoms with Gasteiger partial charge in [-0.25, -0.2) is 4.79 Å². The molecule has 0 bridgehead atoms. The lowest BCUT2D eigenvalue weighted by Crippen LogP contribution is -2.22. The number of para-hydroxylation sites is 1. The standard InChI is InChI=1S/C34H41N3O2/c1-6-11-24(12-7-2)31-28-17-16-25(34(38)39-5)21-30(28)37-20-10-19-36-22-26(13-9-18-35-23(3)4)27-14-8-15-29(32(27)36)33(31)37/h8,14-17,21-24,35H,6-7,10-12,18-20H2,1-5H3. The number of nitrogens with one attached hydrogen (secondary N) is 1. The van der Waals surface area contributed by atoms with Crippen molar-refractivity contribution in [1.29, 1.82) is 0 Å². The van der Waals surface area contributed by atoms with Crippen LogP contribution >= 0.6 is 0 Å². The molecule has 0 saturated carbocycles. The molecule has 1 aliphatic heterocycles. The van der Waals surface area contributed by atoms with Gasteiger partial charge in [0.1, 0.15) is 0 Å². The Morgan fingerprint density at radius 2 is 1.87 bits per heavy atom. The van der Waals surface area contributed by atoms with Crippen molar-refractivity contribution in [1.82, 2.24) is 14.5 Å². The third-order valence-electron chi connectivity index (χ3n) is 7.96. The minimum Gasteiger partial charge on any atom is -0.465 e. The van der Waals surface area contributed by atoms with Crippen LogP contribution < -0.4 is 5.32 Å². The number of hydrogen-bond acceptors (Lipinski definition) is 3. The van der Waals surface area contributed by atoms with Crippen molar-refractivity contribution >= 4 is 27.8 Å². The number of ether oxygens (including phenoxy) is 1. The predicted molar refractivity (Wildman–Crippen MR) is 161 cm³/mol. The third-order valence-corrected chi connectivity index (χ3v) is 7.96. The maximum absolute atomic E-state index is 12.5. The Balaban J connectivity index is 1.79. The zero-order valence-electron chi connectivity index (χ0n) is 24.1. The molecule has 0 atom stereocenters. The van der Waals surface area contributed by atoms with Gasteiger partial charge in [0, 0.05) is 47.2 Å². The molecule has 0 amide bonds. The summed E-state index contributed by atoms with van der Waals surface area (Å²) in [4.78, 5) is 12.5. The van der Waals surface area contributed by atoms with Crippen LogP contribution in [0.2, 0.25) is 0 Å². The molecule has 2 aromatic carbocycles. The van der Waals surface area contributed by atoms with Gasteiger partial charge in [0.25, 0.3) is 0 Å². The summed E-state index contributed by atoms with van der Waals surface area (Å²) >= 11 is 0. The van der Waals surface area contributed by atoms with Crippen LogP contribution in [0.1, 0.15) is 87.2 Å². The molecule has 3 heterocycles. The topological polar surface area (TPSA) is 48.2 Å². The van der Waals surface area contributed by atoms with E-state index in [9.17, 15) is 4.79 Å². The van der Waals surface area contributed by atoms with E-state index >= 15 is 0 Å². The van der Waals surface area contributed by atoms with Crippen LogP contribution in [0.4, 0.5) is 0 Å². The molecule has 4 aromatic rings. The van der Waals surface area contributed by atoms with Gasteiger partial charge in [0.05, 0.1) is 36.0 Å². The minimum absolute atomic E-state index is 0.287. The Kier molecular flexibility index (Phi) is 8.14. The number of carbonyl (C=O) groups excluding carboxylic acids is 1. The van der Waals surface area contributed by atoms with Crippen LogP contribution in [0.15, 0.2) is 42.6 Å². The molecular weight excluding hydrogens is 482 g/mol. The second-order valence-corrected chi connectivity index (χ2v) is 11.0. The summed E-state index contributed by atoms with van der Waals surface area (Å²) in [7, 11) is 1.45. The SMILES string of the molecule is CCCC(CCC)c1c2n(c3cc(C(=O)OC)ccc13)CCCn1cc(C#CCNC(C)C)c3cccc-2c31. The lowest BCUT2D eigenvalue weighted by molar-refractivity contribution is 0.0601. The molecule has 0 spiro atoms. The second-order valence-electron chi connectivity index (χ2n) is 11.0. The Morgan fingerprint density at radius 1 is 1.08 bits per heavy atom. The van der Waals surface area contributed by atoms with E-state index in [-0.39, 0.29) is 5.97 Å². The summed E-state index contributed by atoms with van der Waals surface area (Å²) in [6, 6.07) is 13.2. The first kappa shape index (κ1) is 27.1. The van der Waals surface area contributed by atoms with Crippen LogP contribution in [-0.2, 0) is 17.8 Å². The molecule has 204 valence electrons. The quantitative estimate of drug-likeness (QED) is 0.192. The van der Waals surface area contributed by atoms with Crippen molar-refractivity contribution in [2.75, 3.05) is 13.7 Å². The van der Waals surface area contributed by atoms with E-state index in [1.165, 1.54) is 40.2 Å². The number of aryl methyl sites for hydroxylation is 2. The van der Waals surface area contributed by atoms with E-state index in [4.69, 9.17) is 4.74 Å². The van der Waals surface area contributed by atoms with Gasteiger partial charge in [0.15, 0.2) is 0 Å². The van der Waals surface area contributed by atoms with Gasteiger partial charge >= 0.3 is 5.97 Å². The summed E-state index contributed by atoms with van der Waals surface area (Å²) in [5.74, 6) is 6.97. The van der Waals surface area contributed by atoms with Crippen LogP contribution in [-0.4, -0.2) is 34.8 Å². The van der Waals surface area contributed by atoms with Gasteiger partial charge in [-0.3, -0.25) is 0 Å². The van der Waals surface area contributed by atoms with Crippen molar-refractivity contribution in [3.63, 3.8) is 0 Å². The fraction of sp³-hybridized carbons (Fsp3) is 0.441. The molecule has 0 aliphatic carbocycles. The molecule has 1 aliphatic rings. The van der Waals surface area contributed by atoms with E-state index in [0.29, 0.717) is 24.1 Å². The van der Waals surface area contributed by atoms with Gasteiger partial charge in [0.2, 0.25) is 0 Å². The van der Waals surface area contributed by atoms with Gasteiger partial charge in [-0.05, 0) is 56.7 Å². The Hall–Kier alpha value is -3.49. The number of fused-ring (bicyclic) bond motifs is 4. The number of carbonyl (C=O) groups is 1. The highest BCUT2D eigenvalue weighted by atomic mass is 16.5. The Bertz CT molecular complexity index is 1550. The van der Waals surface area contributed by atoms with E-state index < -0.39 is 0 Å². The Morgan fingerprint density at radius 3 is 2.59 bits per heavy atom. The second kappa shape index (κ2) is 11.7. The number of rotatable bonds is 8. The zero-order chi connectivity index (χ0) is 27.5. The Labute approximate surface area is 232 Å². The third kappa shape index (κ3) is 5.11. The number of aromatic nitrogens is 2. The molecular formula is C34H41N3O2. The average Bonchev–Trinajstić information content (AvgIpc) is 3.44. The van der Waals surface area contributed by atoms with E-state index in [1.807, 2.05) is 12.1 Å². The number of hydrogen-bond donors (Lipinski definition) is 1. The van der Waals surface area contributed by atoms with Crippen molar-refractivity contribution < 1.29 is 9.53 Å². The van der Waals surface area contributed by atoms with Crippen molar-refractivity contribution in [3.05, 3.63) is 59.3 Å². The van der Waals surface area contributed by atoms with Gasteiger partial charge in [-0.1, -0.05) is 62.8 Å². The summed E-state index contributed by atoms with van der Waals surface area (Å²) in [6.45, 7) is 11.4. The number of esters is 1. The maximum atomic E-state index is 12.5. The number of nitrogens with zero attached hydrogens (tertiary/aromatic N) is 2. The molecule has 2 aromatic heterocycles. The predicted octanol–water partition coefficient (Wildman–Crippen LogP) is 7.49. The van der Waals surface area contributed by atoms with Crippen molar-refractivity contribution in [2.45, 2.75) is 84.8 Å². The number of benzene rings is 2. The summed E-state index contributed by atoms with van der Waals surface area (Å²) in [6.07, 6.45) is 7.83. The van der Waals surface area contributed by atoms with E-state index in [0.717, 1.165) is 56.3 Å². The highest BCUT2D eigenvalue weighted by Gasteiger charge is 2.28. The summed E-state index contributed by atoms with van der Waals surface area (Å²) in [5.41, 5.74) is 8.11. The van der Waals surface area contributed by atoms with E-state index in [2.05, 4.69) is 84.4 Å². The van der Waals surface area contributed by atoms with Gasteiger partial charge < -0.3 is 19.2 Å². The monoisotopic (exact) mass is 523 g/mol. The molecule has 39 heavy (non-hydrogen) atoms. The smallest absolute Gasteiger partial charge is 0.337 e. The van der Waals surface area contributed by atoms with Crippen molar-refractivity contribution in [3.8, 4) is 23.1 Å². The molecule has 0 unspecified atom stereocenters. The van der Waals surface area contributed by atoms with Gasteiger partial charge in [-0.2, -0.15) is 0 Å². The minimum atomic E-state index is -0.287. The van der Waals surface area contributed by atoms with Crippen LogP contribution in [0, 0.1) is 11.8 Å². The molecule has 5 rings (SSSR count).